The lowest BCUT2D eigenvalue weighted by molar-refractivity contribution is -0.117. The molecule has 0 spiro atoms. The second-order valence-electron chi connectivity index (χ2n) is 6.98. The molecule has 0 aliphatic carbocycles. The summed E-state index contributed by atoms with van der Waals surface area (Å²) in [6.45, 7) is 0. The van der Waals surface area contributed by atoms with Gasteiger partial charge in [0.2, 0.25) is 11.8 Å². The van der Waals surface area contributed by atoms with E-state index in [2.05, 4.69) is 10.6 Å². The van der Waals surface area contributed by atoms with Crippen LogP contribution in [-0.2, 0) is 9.59 Å². The van der Waals surface area contributed by atoms with Crippen LogP contribution in [0.5, 0.6) is 0 Å². The zero-order chi connectivity index (χ0) is 21.9. The zero-order valence-electron chi connectivity index (χ0n) is 16.4. The van der Waals surface area contributed by atoms with Crippen LogP contribution in [0.3, 0.4) is 0 Å². The molecule has 8 heteroatoms. The highest BCUT2D eigenvalue weighted by Crippen LogP contribution is 2.26. The number of carbonyl (C=O) groups is 2. The van der Waals surface area contributed by atoms with Crippen LogP contribution in [0.2, 0.25) is 20.1 Å². The van der Waals surface area contributed by atoms with E-state index in [1.54, 1.807) is 36.4 Å². The Morgan fingerprint density at radius 2 is 0.933 bits per heavy atom. The van der Waals surface area contributed by atoms with Gasteiger partial charge in [-0.1, -0.05) is 72.1 Å². The molecule has 4 nitrogen and oxygen atoms in total. The first-order chi connectivity index (χ1) is 14.3. The molecule has 0 radical (unpaired) electrons. The SMILES string of the molecule is O=C(CCCCCCCCC(=O)Nc1ccc(Cl)c(Cl)c1)Nc1ccc(Cl)c(Cl)c1. The molecule has 2 N–H and O–H groups in total. The molecule has 0 unspecified atom stereocenters. The van der Waals surface area contributed by atoms with Crippen molar-refractivity contribution in [1.82, 2.24) is 0 Å². The molecular weight excluding hydrogens is 466 g/mol. The van der Waals surface area contributed by atoms with Crippen LogP contribution in [-0.4, -0.2) is 11.8 Å². The molecule has 30 heavy (non-hydrogen) atoms. The molecule has 0 fully saturated rings. The van der Waals surface area contributed by atoms with Gasteiger partial charge in [0, 0.05) is 24.2 Å². The van der Waals surface area contributed by atoms with Crippen molar-refractivity contribution < 1.29 is 9.59 Å². The van der Waals surface area contributed by atoms with Crippen molar-refractivity contribution in [2.45, 2.75) is 51.4 Å². The van der Waals surface area contributed by atoms with Gasteiger partial charge in [-0.2, -0.15) is 0 Å². The minimum atomic E-state index is -0.0348. The predicted octanol–water partition coefficient (Wildman–Crippen LogP) is 8.00. The summed E-state index contributed by atoms with van der Waals surface area (Å²) < 4.78 is 0. The third kappa shape index (κ3) is 9.13. The summed E-state index contributed by atoms with van der Waals surface area (Å²) in [5, 5.41) is 7.39. The van der Waals surface area contributed by atoms with Crippen LogP contribution in [0.15, 0.2) is 36.4 Å². The molecule has 162 valence electrons. The summed E-state index contributed by atoms with van der Waals surface area (Å²) in [6.07, 6.45) is 6.60. The Morgan fingerprint density at radius 1 is 0.567 bits per heavy atom. The van der Waals surface area contributed by atoms with E-state index in [1.807, 2.05) is 0 Å². The molecule has 2 aromatic carbocycles. The van der Waals surface area contributed by atoms with E-state index in [0.717, 1.165) is 38.5 Å². The number of rotatable bonds is 11. The van der Waals surface area contributed by atoms with Crippen molar-refractivity contribution in [3.05, 3.63) is 56.5 Å². The Hall–Kier alpha value is -1.46. The highest BCUT2D eigenvalue weighted by atomic mass is 35.5. The first-order valence-electron chi connectivity index (χ1n) is 9.85. The maximum absolute atomic E-state index is 12.0. The molecule has 2 rings (SSSR count). The summed E-state index contributed by atoms with van der Waals surface area (Å²) in [7, 11) is 0. The van der Waals surface area contributed by atoms with Gasteiger partial charge in [0.1, 0.15) is 0 Å². The summed E-state index contributed by atoms with van der Waals surface area (Å²) >= 11 is 23.6. The van der Waals surface area contributed by atoms with E-state index in [-0.39, 0.29) is 11.8 Å². The lowest BCUT2D eigenvalue weighted by Gasteiger charge is -2.07. The number of halogens is 4. The fourth-order valence-corrected chi connectivity index (χ4v) is 3.47. The topological polar surface area (TPSA) is 58.2 Å². The Bertz CT molecular complexity index is 803. The number of hydrogen-bond acceptors (Lipinski definition) is 2. The fourth-order valence-electron chi connectivity index (χ4n) is 2.87. The number of anilines is 2. The Balaban J connectivity index is 1.50. The van der Waals surface area contributed by atoms with E-state index >= 15 is 0 Å². The zero-order valence-corrected chi connectivity index (χ0v) is 19.5. The maximum atomic E-state index is 12.0. The standard InChI is InChI=1S/C22H24Cl4N2O2/c23-17-11-9-15(13-19(17)25)27-21(29)7-5-3-1-2-4-6-8-22(30)28-16-10-12-18(24)20(26)14-16/h9-14H,1-8H2,(H,27,29)(H,28,30). The van der Waals surface area contributed by atoms with Crippen LogP contribution >= 0.6 is 46.4 Å². The minimum Gasteiger partial charge on any atom is -0.326 e. The van der Waals surface area contributed by atoms with E-state index in [4.69, 9.17) is 46.4 Å². The van der Waals surface area contributed by atoms with Gasteiger partial charge >= 0.3 is 0 Å². The van der Waals surface area contributed by atoms with E-state index < -0.39 is 0 Å². The molecule has 0 saturated heterocycles. The van der Waals surface area contributed by atoms with Gasteiger partial charge in [-0.3, -0.25) is 9.59 Å². The lowest BCUT2D eigenvalue weighted by Crippen LogP contribution is -2.11. The third-order valence-electron chi connectivity index (χ3n) is 4.46. The van der Waals surface area contributed by atoms with Crippen LogP contribution in [0, 0.1) is 0 Å². The number of carbonyl (C=O) groups excluding carboxylic acids is 2. The highest BCUT2D eigenvalue weighted by molar-refractivity contribution is 6.42. The molecule has 0 saturated carbocycles. The van der Waals surface area contributed by atoms with E-state index in [0.29, 0.717) is 44.3 Å². The van der Waals surface area contributed by atoms with Crippen LogP contribution in [0.1, 0.15) is 51.4 Å². The van der Waals surface area contributed by atoms with Gasteiger partial charge in [0.25, 0.3) is 0 Å². The smallest absolute Gasteiger partial charge is 0.224 e. The molecular formula is C22H24Cl4N2O2. The normalized spacial score (nSPS) is 10.7. The van der Waals surface area contributed by atoms with Crippen LogP contribution in [0.25, 0.3) is 0 Å². The monoisotopic (exact) mass is 488 g/mol. The van der Waals surface area contributed by atoms with Crippen molar-refractivity contribution in [2.24, 2.45) is 0 Å². The summed E-state index contributed by atoms with van der Waals surface area (Å²) in [6, 6.07) is 10.0. The lowest BCUT2D eigenvalue weighted by atomic mass is 10.1. The molecule has 0 aliphatic heterocycles. The Labute approximate surface area is 197 Å². The van der Waals surface area contributed by atoms with Gasteiger partial charge in [0.15, 0.2) is 0 Å². The average Bonchev–Trinajstić information content (AvgIpc) is 2.69. The summed E-state index contributed by atoms with van der Waals surface area (Å²) in [4.78, 5) is 23.9. The maximum Gasteiger partial charge on any atom is 0.224 e. The van der Waals surface area contributed by atoms with Gasteiger partial charge < -0.3 is 10.6 Å². The largest absolute Gasteiger partial charge is 0.326 e. The predicted molar refractivity (Wildman–Crippen MR) is 127 cm³/mol. The number of hydrogen-bond donors (Lipinski definition) is 2. The van der Waals surface area contributed by atoms with Crippen molar-refractivity contribution in [3.63, 3.8) is 0 Å². The number of unbranched alkanes of at least 4 members (excludes halogenated alkanes) is 5. The van der Waals surface area contributed by atoms with Crippen molar-refractivity contribution in [2.75, 3.05) is 10.6 Å². The van der Waals surface area contributed by atoms with Crippen LogP contribution < -0.4 is 10.6 Å². The Morgan fingerprint density at radius 3 is 1.30 bits per heavy atom. The number of benzene rings is 2. The minimum absolute atomic E-state index is 0.0348. The van der Waals surface area contributed by atoms with Gasteiger partial charge in [-0.15, -0.1) is 0 Å². The third-order valence-corrected chi connectivity index (χ3v) is 5.94. The summed E-state index contributed by atoms with van der Waals surface area (Å²) in [5.41, 5.74) is 1.29. The number of nitrogens with one attached hydrogen (secondary N) is 2. The summed E-state index contributed by atoms with van der Waals surface area (Å²) in [5.74, 6) is -0.0697. The average molecular weight is 490 g/mol. The van der Waals surface area contributed by atoms with Gasteiger partial charge in [-0.05, 0) is 49.2 Å². The molecule has 0 aliphatic rings. The van der Waals surface area contributed by atoms with Gasteiger partial charge in [0.05, 0.1) is 20.1 Å². The second-order valence-corrected chi connectivity index (χ2v) is 8.60. The second kappa shape index (κ2) is 13.1. The highest BCUT2D eigenvalue weighted by Gasteiger charge is 2.06. The first kappa shape index (κ1) is 24.8. The van der Waals surface area contributed by atoms with Crippen molar-refractivity contribution in [3.8, 4) is 0 Å². The molecule has 0 atom stereocenters. The van der Waals surface area contributed by atoms with E-state index in [9.17, 15) is 9.59 Å². The van der Waals surface area contributed by atoms with E-state index in [1.165, 1.54) is 0 Å². The Kier molecular flexibility index (Phi) is 10.8. The molecule has 2 amide bonds. The molecule has 0 heterocycles. The van der Waals surface area contributed by atoms with Crippen molar-refractivity contribution in [1.29, 1.82) is 0 Å². The first-order valence-corrected chi connectivity index (χ1v) is 11.4. The quantitative estimate of drug-likeness (QED) is 0.314. The molecule has 2 aromatic rings. The van der Waals surface area contributed by atoms with Gasteiger partial charge in [-0.25, -0.2) is 0 Å². The fraction of sp³-hybridized carbons (Fsp3) is 0.364. The molecule has 0 bridgehead atoms. The molecule has 0 aromatic heterocycles. The number of amides is 2. The van der Waals surface area contributed by atoms with Crippen LogP contribution in [0.4, 0.5) is 11.4 Å². The van der Waals surface area contributed by atoms with Crippen molar-refractivity contribution >= 4 is 69.6 Å².